The van der Waals surface area contributed by atoms with Gasteiger partial charge in [-0.15, -0.1) is 0 Å². The van der Waals surface area contributed by atoms with E-state index in [4.69, 9.17) is 0 Å². The molecule has 2 heteroatoms. The van der Waals surface area contributed by atoms with E-state index in [-0.39, 0.29) is 0 Å². The van der Waals surface area contributed by atoms with Crippen molar-refractivity contribution >= 4 is 24.3 Å². The molecule has 0 unspecified atom stereocenters. The summed E-state index contributed by atoms with van der Waals surface area (Å²) < 4.78 is 0. The molecular formula is C34H32N2. The molecule has 0 fully saturated rings. The van der Waals surface area contributed by atoms with Crippen LogP contribution in [0.2, 0.25) is 0 Å². The fraction of sp³-hybridized carbons (Fsp3) is 0.0588. The Bertz CT molecular complexity index is 1060. The van der Waals surface area contributed by atoms with Crippen LogP contribution in [0, 0.1) is 0 Å². The van der Waals surface area contributed by atoms with Crippen LogP contribution < -0.4 is 0 Å². The zero-order valence-corrected chi connectivity index (χ0v) is 20.5. The molecule has 4 aromatic rings. The van der Waals surface area contributed by atoms with Crippen LogP contribution in [0.15, 0.2) is 146 Å². The van der Waals surface area contributed by atoms with Gasteiger partial charge in [0, 0.05) is 37.9 Å². The molecule has 0 aliphatic rings. The molecule has 0 amide bonds. The van der Waals surface area contributed by atoms with Gasteiger partial charge in [-0.05, 0) is 46.6 Å². The van der Waals surface area contributed by atoms with Gasteiger partial charge in [-0.25, -0.2) is 0 Å². The summed E-state index contributed by atoms with van der Waals surface area (Å²) in [4.78, 5) is 4.47. The van der Waals surface area contributed by atoms with Gasteiger partial charge in [0.15, 0.2) is 0 Å². The minimum Gasteiger partial charge on any atom is -0.352 e. The highest BCUT2D eigenvalue weighted by Gasteiger charge is 2.01. The van der Waals surface area contributed by atoms with Crippen molar-refractivity contribution in [3.63, 3.8) is 0 Å². The van der Waals surface area contributed by atoms with Crippen LogP contribution in [0.5, 0.6) is 0 Å². The van der Waals surface area contributed by atoms with Crippen LogP contribution in [0.4, 0.5) is 0 Å². The summed E-state index contributed by atoms with van der Waals surface area (Å²) in [6.45, 7) is 1.65. The van der Waals surface area contributed by atoms with Gasteiger partial charge in [0.2, 0.25) is 0 Å². The minimum atomic E-state index is 0.824. The molecule has 0 aromatic heterocycles. The van der Waals surface area contributed by atoms with Crippen molar-refractivity contribution < 1.29 is 0 Å². The molecule has 0 radical (unpaired) electrons. The van der Waals surface area contributed by atoms with Crippen LogP contribution in [-0.2, 0) is 0 Å². The summed E-state index contributed by atoms with van der Waals surface area (Å²) in [6, 6.07) is 41.6. The normalized spacial score (nSPS) is 11.7. The van der Waals surface area contributed by atoms with E-state index >= 15 is 0 Å². The smallest absolute Gasteiger partial charge is 0.0399 e. The molecular weight excluding hydrogens is 436 g/mol. The number of hydrogen-bond acceptors (Lipinski definition) is 2. The Kier molecular flexibility index (Phi) is 9.54. The van der Waals surface area contributed by atoms with E-state index in [0.717, 1.165) is 13.1 Å². The largest absolute Gasteiger partial charge is 0.352 e. The number of benzene rings is 4. The maximum Gasteiger partial charge on any atom is 0.0399 e. The third-order valence-corrected chi connectivity index (χ3v) is 5.65. The Labute approximate surface area is 215 Å². The Hall–Kier alpha value is -4.56. The Balaban J connectivity index is 1.51. The van der Waals surface area contributed by atoms with E-state index in [9.17, 15) is 0 Å². The fourth-order valence-electron chi connectivity index (χ4n) is 3.61. The molecule has 0 aliphatic carbocycles. The van der Waals surface area contributed by atoms with Crippen LogP contribution in [0.1, 0.15) is 22.3 Å². The summed E-state index contributed by atoms with van der Waals surface area (Å²) in [7, 11) is 0. The van der Waals surface area contributed by atoms with Crippen molar-refractivity contribution in [3.8, 4) is 0 Å². The summed E-state index contributed by atoms with van der Waals surface area (Å²) in [5.74, 6) is 0. The molecule has 0 aliphatic heterocycles. The number of rotatable bonds is 11. The van der Waals surface area contributed by atoms with Gasteiger partial charge in [-0.3, -0.25) is 0 Å². The molecule has 0 atom stereocenters. The van der Waals surface area contributed by atoms with E-state index in [1.807, 2.05) is 24.3 Å². The third-order valence-electron chi connectivity index (χ3n) is 5.65. The first-order chi connectivity index (χ1) is 17.8. The second kappa shape index (κ2) is 14.0. The quantitative estimate of drug-likeness (QED) is 0.218. The van der Waals surface area contributed by atoms with Crippen LogP contribution >= 0.6 is 0 Å². The van der Waals surface area contributed by atoms with Gasteiger partial charge in [0.25, 0.3) is 0 Å². The first-order valence-corrected chi connectivity index (χ1v) is 12.3. The van der Waals surface area contributed by atoms with E-state index in [0.29, 0.717) is 0 Å². The molecule has 178 valence electrons. The summed E-state index contributed by atoms with van der Waals surface area (Å²) in [6.07, 6.45) is 17.2. The zero-order chi connectivity index (χ0) is 24.7. The first-order valence-electron chi connectivity index (χ1n) is 12.3. The average Bonchev–Trinajstić information content (AvgIpc) is 2.95. The van der Waals surface area contributed by atoms with Crippen molar-refractivity contribution in [2.24, 2.45) is 0 Å². The zero-order valence-electron chi connectivity index (χ0n) is 20.5. The highest BCUT2D eigenvalue weighted by molar-refractivity contribution is 5.52. The minimum absolute atomic E-state index is 0.824. The van der Waals surface area contributed by atoms with Gasteiger partial charge in [0.1, 0.15) is 0 Å². The van der Waals surface area contributed by atoms with E-state index < -0.39 is 0 Å². The molecule has 0 spiro atoms. The molecule has 0 saturated carbocycles. The summed E-state index contributed by atoms with van der Waals surface area (Å²) >= 11 is 0. The van der Waals surface area contributed by atoms with E-state index in [1.54, 1.807) is 0 Å². The SMILES string of the molecule is C(=CN(C=Cc1ccccc1)CCN(C=Cc1ccccc1)C=Cc1ccccc1)c1ccccc1. The van der Waals surface area contributed by atoms with Crippen molar-refractivity contribution in [1.82, 2.24) is 9.80 Å². The maximum absolute atomic E-state index is 2.24. The Morgan fingerprint density at radius 3 is 0.778 bits per heavy atom. The second-order valence-corrected chi connectivity index (χ2v) is 8.38. The van der Waals surface area contributed by atoms with Gasteiger partial charge in [-0.2, -0.15) is 0 Å². The average molecular weight is 469 g/mol. The lowest BCUT2D eigenvalue weighted by molar-refractivity contribution is 0.416. The van der Waals surface area contributed by atoms with Gasteiger partial charge in [-0.1, -0.05) is 121 Å². The highest BCUT2D eigenvalue weighted by Crippen LogP contribution is 2.10. The lowest BCUT2D eigenvalue weighted by atomic mass is 10.2. The van der Waals surface area contributed by atoms with Crippen molar-refractivity contribution in [3.05, 3.63) is 168 Å². The van der Waals surface area contributed by atoms with Gasteiger partial charge in [0.05, 0.1) is 0 Å². The molecule has 0 bridgehead atoms. The molecule has 4 rings (SSSR count). The van der Waals surface area contributed by atoms with E-state index in [1.165, 1.54) is 22.3 Å². The first kappa shape index (κ1) is 24.6. The standard InChI is InChI=1S/C34H32N2/c1-5-13-31(14-6-1)21-25-35(26-22-32-15-7-2-8-16-32)29-30-36(27-23-33-17-9-3-10-18-33)28-24-34-19-11-4-12-20-34/h1-28H,29-30H2. The predicted molar refractivity (Wildman–Crippen MR) is 155 cm³/mol. The lowest BCUT2D eigenvalue weighted by Crippen LogP contribution is -2.23. The van der Waals surface area contributed by atoms with Crippen molar-refractivity contribution in [2.75, 3.05) is 13.1 Å². The van der Waals surface area contributed by atoms with Crippen molar-refractivity contribution in [1.29, 1.82) is 0 Å². The monoisotopic (exact) mass is 468 g/mol. The molecule has 2 nitrogen and oxygen atoms in total. The molecule has 4 aromatic carbocycles. The van der Waals surface area contributed by atoms with E-state index in [2.05, 4.69) is 156 Å². The highest BCUT2D eigenvalue weighted by atomic mass is 15.2. The molecule has 0 N–H and O–H groups in total. The molecule has 0 saturated heterocycles. The topological polar surface area (TPSA) is 6.48 Å². The van der Waals surface area contributed by atoms with Gasteiger partial charge >= 0.3 is 0 Å². The predicted octanol–water partition coefficient (Wildman–Crippen LogP) is 8.27. The maximum atomic E-state index is 2.24. The van der Waals surface area contributed by atoms with Crippen molar-refractivity contribution in [2.45, 2.75) is 0 Å². The van der Waals surface area contributed by atoms with Crippen LogP contribution in [0.25, 0.3) is 24.3 Å². The summed E-state index contributed by atoms with van der Waals surface area (Å²) in [5, 5.41) is 0. The molecule has 0 heterocycles. The van der Waals surface area contributed by atoms with Crippen LogP contribution in [-0.4, -0.2) is 22.9 Å². The number of nitrogens with zero attached hydrogens (tertiary/aromatic N) is 2. The molecule has 36 heavy (non-hydrogen) atoms. The third kappa shape index (κ3) is 8.66. The second-order valence-electron chi connectivity index (χ2n) is 8.38. The number of hydrogen-bond donors (Lipinski definition) is 0. The summed E-state index contributed by atoms with van der Waals surface area (Å²) in [5.41, 5.74) is 4.72. The van der Waals surface area contributed by atoms with Gasteiger partial charge < -0.3 is 9.80 Å². The fourth-order valence-corrected chi connectivity index (χ4v) is 3.61. The van der Waals surface area contributed by atoms with Crippen LogP contribution in [0.3, 0.4) is 0 Å². The lowest BCUT2D eigenvalue weighted by Gasteiger charge is -2.21. The Morgan fingerprint density at radius 2 is 0.556 bits per heavy atom. The Morgan fingerprint density at radius 1 is 0.333 bits per heavy atom.